The number of thiazole rings is 1. The number of anilines is 1. The van der Waals surface area contributed by atoms with Crippen LogP contribution in [-0.4, -0.2) is 47.2 Å². The SMILES string of the molecule is CC(C)CNC(=O)Cc1csc(NC(=O)CN(CC(C)C)C(=O)c2ccccc2Cl)n1. The minimum atomic E-state index is -0.355. The van der Waals surface area contributed by atoms with Crippen LogP contribution in [0.4, 0.5) is 5.13 Å². The summed E-state index contributed by atoms with van der Waals surface area (Å²) in [5.41, 5.74) is 0.953. The van der Waals surface area contributed by atoms with Crippen molar-refractivity contribution in [3.05, 3.63) is 45.9 Å². The molecule has 0 fully saturated rings. The summed E-state index contributed by atoms with van der Waals surface area (Å²) in [5.74, 6) is -0.209. The third-order valence-electron chi connectivity index (χ3n) is 4.16. The fourth-order valence-corrected chi connectivity index (χ4v) is 3.73. The van der Waals surface area contributed by atoms with Gasteiger partial charge in [0.15, 0.2) is 5.13 Å². The molecular weight excluding hydrogens is 436 g/mol. The maximum atomic E-state index is 12.9. The van der Waals surface area contributed by atoms with E-state index in [4.69, 9.17) is 11.6 Å². The smallest absolute Gasteiger partial charge is 0.255 e. The molecule has 7 nitrogen and oxygen atoms in total. The van der Waals surface area contributed by atoms with Crippen LogP contribution in [0.15, 0.2) is 29.6 Å². The molecule has 2 aromatic rings. The topological polar surface area (TPSA) is 91.4 Å². The minimum Gasteiger partial charge on any atom is -0.356 e. The molecule has 1 aromatic heterocycles. The van der Waals surface area contributed by atoms with Crippen LogP contribution in [0.2, 0.25) is 5.02 Å². The van der Waals surface area contributed by atoms with Gasteiger partial charge in [-0.2, -0.15) is 0 Å². The van der Waals surface area contributed by atoms with Crippen LogP contribution in [0.3, 0.4) is 0 Å². The van der Waals surface area contributed by atoms with E-state index >= 15 is 0 Å². The Morgan fingerprint density at radius 3 is 2.45 bits per heavy atom. The summed E-state index contributed by atoms with van der Waals surface area (Å²) in [4.78, 5) is 43.2. The summed E-state index contributed by atoms with van der Waals surface area (Å²) < 4.78 is 0. The molecule has 0 saturated carbocycles. The molecule has 1 aromatic carbocycles. The van der Waals surface area contributed by atoms with Crippen LogP contribution in [0.1, 0.15) is 43.7 Å². The molecule has 168 valence electrons. The summed E-state index contributed by atoms with van der Waals surface area (Å²) >= 11 is 7.41. The van der Waals surface area contributed by atoms with E-state index in [9.17, 15) is 14.4 Å². The lowest BCUT2D eigenvalue weighted by Crippen LogP contribution is -2.40. The van der Waals surface area contributed by atoms with Crippen molar-refractivity contribution in [1.29, 1.82) is 0 Å². The third-order valence-corrected chi connectivity index (χ3v) is 5.29. The molecule has 0 aliphatic heterocycles. The molecule has 2 N–H and O–H groups in total. The lowest BCUT2D eigenvalue weighted by atomic mass is 10.1. The first-order valence-corrected chi connectivity index (χ1v) is 11.5. The summed E-state index contributed by atoms with van der Waals surface area (Å²) in [5, 5.41) is 8.05. The Balaban J connectivity index is 1.98. The maximum absolute atomic E-state index is 12.9. The molecule has 0 aliphatic rings. The van der Waals surface area contributed by atoms with Crippen LogP contribution in [0, 0.1) is 11.8 Å². The van der Waals surface area contributed by atoms with Gasteiger partial charge < -0.3 is 15.5 Å². The highest BCUT2D eigenvalue weighted by molar-refractivity contribution is 7.13. The molecule has 0 aliphatic carbocycles. The molecule has 2 rings (SSSR count). The van der Waals surface area contributed by atoms with Gasteiger partial charge in [0, 0.05) is 18.5 Å². The number of benzene rings is 1. The normalized spacial score (nSPS) is 10.9. The zero-order chi connectivity index (χ0) is 23.0. The number of aromatic nitrogens is 1. The monoisotopic (exact) mass is 464 g/mol. The van der Waals surface area contributed by atoms with E-state index < -0.39 is 0 Å². The Labute approximate surface area is 192 Å². The number of amides is 3. The molecule has 1 heterocycles. The second kappa shape index (κ2) is 11.8. The largest absolute Gasteiger partial charge is 0.356 e. The van der Waals surface area contributed by atoms with Gasteiger partial charge >= 0.3 is 0 Å². The average molecular weight is 465 g/mol. The summed E-state index contributed by atoms with van der Waals surface area (Å²) in [6.45, 7) is 8.90. The second-order valence-corrected chi connectivity index (χ2v) is 9.39. The minimum absolute atomic E-state index is 0.106. The highest BCUT2D eigenvalue weighted by atomic mass is 35.5. The quantitative estimate of drug-likeness (QED) is 0.558. The van der Waals surface area contributed by atoms with Crippen LogP contribution < -0.4 is 10.6 Å². The molecule has 9 heteroatoms. The maximum Gasteiger partial charge on any atom is 0.255 e. The standard InChI is InChI=1S/C22H29ClN4O3S/c1-14(2)10-24-19(28)9-16-13-31-22(25-16)26-20(29)12-27(11-15(3)4)21(30)17-7-5-6-8-18(17)23/h5-8,13-15H,9-12H2,1-4H3,(H,24,28)(H,25,26,29). The van der Waals surface area contributed by atoms with Crippen molar-refractivity contribution in [3.63, 3.8) is 0 Å². The fourth-order valence-electron chi connectivity index (χ4n) is 2.79. The van der Waals surface area contributed by atoms with Gasteiger partial charge in [0.25, 0.3) is 5.91 Å². The average Bonchev–Trinajstić information content (AvgIpc) is 3.11. The molecule has 0 spiro atoms. The highest BCUT2D eigenvalue weighted by Gasteiger charge is 2.22. The van der Waals surface area contributed by atoms with Gasteiger partial charge in [0.05, 0.1) is 22.7 Å². The zero-order valence-corrected chi connectivity index (χ0v) is 19.8. The second-order valence-electron chi connectivity index (χ2n) is 8.13. The van der Waals surface area contributed by atoms with Gasteiger partial charge in [-0.1, -0.05) is 51.4 Å². The number of nitrogens with one attached hydrogen (secondary N) is 2. The molecule has 0 radical (unpaired) electrons. The number of nitrogens with zero attached hydrogens (tertiary/aromatic N) is 2. The van der Waals surface area contributed by atoms with Gasteiger partial charge in [-0.05, 0) is 24.0 Å². The van der Waals surface area contributed by atoms with Gasteiger partial charge in [-0.15, -0.1) is 11.3 Å². The molecule has 31 heavy (non-hydrogen) atoms. The predicted molar refractivity (Wildman–Crippen MR) is 124 cm³/mol. The van der Waals surface area contributed by atoms with Crippen molar-refractivity contribution < 1.29 is 14.4 Å². The van der Waals surface area contributed by atoms with Crippen molar-refractivity contribution in [1.82, 2.24) is 15.2 Å². The molecular formula is C22H29ClN4O3S. The highest BCUT2D eigenvalue weighted by Crippen LogP contribution is 2.19. The Morgan fingerprint density at radius 2 is 1.81 bits per heavy atom. The molecule has 0 saturated heterocycles. The molecule has 0 unspecified atom stereocenters. The van der Waals surface area contributed by atoms with Crippen molar-refractivity contribution >= 4 is 45.8 Å². The summed E-state index contributed by atoms with van der Waals surface area (Å²) in [7, 11) is 0. The van der Waals surface area contributed by atoms with Crippen molar-refractivity contribution in [2.75, 3.05) is 25.0 Å². The Kier molecular flexibility index (Phi) is 9.45. The van der Waals surface area contributed by atoms with E-state index in [0.29, 0.717) is 40.4 Å². The summed E-state index contributed by atoms with van der Waals surface area (Å²) in [6, 6.07) is 6.78. The lowest BCUT2D eigenvalue weighted by molar-refractivity contribution is -0.120. The fraction of sp³-hybridized carbons (Fsp3) is 0.455. The number of hydrogen-bond donors (Lipinski definition) is 2. The molecule has 0 bridgehead atoms. The van der Waals surface area contributed by atoms with E-state index in [1.54, 1.807) is 29.6 Å². The van der Waals surface area contributed by atoms with E-state index in [2.05, 4.69) is 15.6 Å². The van der Waals surface area contributed by atoms with Gasteiger partial charge in [-0.3, -0.25) is 14.4 Å². The predicted octanol–water partition coefficient (Wildman–Crippen LogP) is 3.85. The first kappa shape index (κ1) is 24.8. The first-order valence-electron chi connectivity index (χ1n) is 10.2. The van der Waals surface area contributed by atoms with E-state index in [1.165, 1.54) is 16.2 Å². The van der Waals surface area contributed by atoms with Gasteiger partial charge in [-0.25, -0.2) is 4.98 Å². The number of carbonyl (C=O) groups is 3. The number of carbonyl (C=O) groups excluding carboxylic acids is 3. The molecule has 3 amide bonds. The van der Waals surface area contributed by atoms with Crippen LogP contribution in [-0.2, 0) is 16.0 Å². The Bertz CT molecular complexity index is 914. The van der Waals surface area contributed by atoms with Gasteiger partial charge in [0.2, 0.25) is 11.8 Å². The van der Waals surface area contributed by atoms with Crippen molar-refractivity contribution in [2.24, 2.45) is 11.8 Å². The van der Waals surface area contributed by atoms with E-state index in [1.807, 2.05) is 27.7 Å². The van der Waals surface area contributed by atoms with Crippen molar-refractivity contribution in [3.8, 4) is 0 Å². The van der Waals surface area contributed by atoms with Crippen LogP contribution in [0.5, 0.6) is 0 Å². The first-order chi connectivity index (χ1) is 14.7. The van der Waals surface area contributed by atoms with E-state index in [0.717, 1.165) is 0 Å². The van der Waals surface area contributed by atoms with Crippen LogP contribution >= 0.6 is 22.9 Å². The Morgan fingerprint density at radius 1 is 1.10 bits per heavy atom. The van der Waals surface area contributed by atoms with Crippen molar-refractivity contribution in [2.45, 2.75) is 34.1 Å². The third kappa shape index (κ3) is 8.30. The number of halogens is 1. The molecule has 0 atom stereocenters. The lowest BCUT2D eigenvalue weighted by Gasteiger charge is -2.24. The number of rotatable bonds is 10. The number of hydrogen-bond acceptors (Lipinski definition) is 5. The summed E-state index contributed by atoms with van der Waals surface area (Å²) in [6.07, 6.45) is 0.156. The van der Waals surface area contributed by atoms with E-state index in [-0.39, 0.29) is 36.6 Å². The Hall–Kier alpha value is -2.45. The van der Waals surface area contributed by atoms with Crippen LogP contribution in [0.25, 0.3) is 0 Å². The zero-order valence-electron chi connectivity index (χ0n) is 18.3. The van der Waals surface area contributed by atoms with Gasteiger partial charge in [0.1, 0.15) is 6.54 Å².